The van der Waals surface area contributed by atoms with Crippen LogP contribution in [0.25, 0.3) is 0 Å². The van der Waals surface area contributed by atoms with Gasteiger partial charge in [0, 0.05) is 5.69 Å². The van der Waals surface area contributed by atoms with Crippen LogP contribution in [0.4, 0.5) is 5.69 Å². The van der Waals surface area contributed by atoms with Gasteiger partial charge in [0.05, 0.1) is 16.2 Å². The van der Waals surface area contributed by atoms with Gasteiger partial charge in [0.2, 0.25) is 0 Å². The van der Waals surface area contributed by atoms with E-state index in [0.29, 0.717) is 21.6 Å². The second-order valence-corrected chi connectivity index (χ2v) is 4.71. The van der Waals surface area contributed by atoms with E-state index in [9.17, 15) is 4.79 Å². The Morgan fingerprint density at radius 1 is 1.44 bits per heavy atom. The van der Waals surface area contributed by atoms with Gasteiger partial charge in [-0.3, -0.25) is 0 Å². The van der Waals surface area contributed by atoms with Gasteiger partial charge in [0.1, 0.15) is 5.76 Å². The molecule has 0 atom stereocenters. The molecule has 0 radical (unpaired) electrons. The van der Waals surface area contributed by atoms with Gasteiger partial charge in [0.15, 0.2) is 0 Å². The molecule has 5 nitrogen and oxygen atoms in total. The number of anilines is 1. The summed E-state index contributed by atoms with van der Waals surface area (Å²) in [6.07, 6.45) is 0. The quantitative estimate of drug-likeness (QED) is 0.828. The minimum absolute atomic E-state index is 0.147. The molecule has 0 fully saturated rings. The molecule has 0 spiro atoms. The lowest BCUT2D eigenvalue weighted by atomic mass is 10.2. The van der Waals surface area contributed by atoms with E-state index in [2.05, 4.69) is 4.98 Å². The zero-order valence-corrected chi connectivity index (χ0v) is 10.7. The molecule has 0 saturated heterocycles. The number of aromatic nitrogens is 1. The Balaban J connectivity index is 2.42. The number of rotatable bonds is 3. The molecule has 2 aromatic rings. The number of hydrogen-bond acceptors (Lipinski definition) is 5. The highest BCUT2D eigenvalue weighted by atomic mass is 32.2. The van der Waals surface area contributed by atoms with Crippen molar-refractivity contribution in [1.82, 2.24) is 4.98 Å². The number of aromatic carboxylic acids is 1. The van der Waals surface area contributed by atoms with Crippen LogP contribution in [0, 0.1) is 13.8 Å². The first-order valence-corrected chi connectivity index (χ1v) is 6.04. The van der Waals surface area contributed by atoms with Gasteiger partial charge in [-0.25, -0.2) is 9.78 Å². The summed E-state index contributed by atoms with van der Waals surface area (Å²) in [5.41, 5.74) is 7.12. The van der Waals surface area contributed by atoms with Crippen molar-refractivity contribution in [2.75, 3.05) is 5.73 Å². The third kappa shape index (κ3) is 2.33. The SMILES string of the molecule is Cc1nc(Sc2c(N)cccc2C(=O)O)oc1C. The lowest BCUT2D eigenvalue weighted by Crippen LogP contribution is -2.01. The average Bonchev–Trinajstić information content (AvgIpc) is 2.60. The van der Waals surface area contributed by atoms with E-state index in [1.165, 1.54) is 6.07 Å². The maximum Gasteiger partial charge on any atom is 0.336 e. The third-order valence-corrected chi connectivity index (χ3v) is 3.48. The number of carboxylic acids is 1. The van der Waals surface area contributed by atoms with Crippen molar-refractivity contribution < 1.29 is 14.3 Å². The lowest BCUT2D eigenvalue weighted by molar-refractivity contribution is 0.0693. The van der Waals surface area contributed by atoms with Gasteiger partial charge >= 0.3 is 5.97 Å². The van der Waals surface area contributed by atoms with Gasteiger partial charge in [-0.1, -0.05) is 6.07 Å². The number of hydrogen-bond donors (Lipinski definition) is 2. The highest BCUT2D eigenvalue weighted by Crippen LogP contribution is 2.35. The molecule has 0 amide bonds. The lowest BCUT2D eigenvalue weighted by Gasteiger charge is -2.06. The second-order valence-electron chi connectivity index (χ2n) is 3.75. The summed E-state index contributed by atoms with van der Waals surface area (Å²) in [5, 5.41) is 9.50. The van der Waals surface area contributed by atoms with Crippen LogP contribution in [0.2, 0.25) is 0 Å². The summed E-state index contributed by atoms with van der Waals surface area (Å²) >= 11 is 1.12. The minimum Gasteiger partial charge on any atom is -0.478 e. The first-order chi connectivity index (χ1) is 8.49. The highest BCUT2D eigenvalue weighted by molar-refractivity contribution is 7.99. The summed E-state index contributed by atoms with van der Waals surface area (Å²) in [6, 6.07) is 4.76. The summed E-state index contributed by atoms with van der Waals surface area (Å²) in [7, 11) is 0. The molecular formula is C12H12N2O3S. The maximum absolute atomic E-state index is 11.1. The molecule has 1 aromatic heterocycles. The van der Waals surface area contributed by atoms with E-state index in [1.54, 1.807) is 19.1 Å². The molecule has 18 heavy (non-hydrogen) atoms. The summed E-state index contributed by atoms with van der Waals surface area (Å²) in [4.78, 5) is 15.8. The Hall–Kier alpha value is -1.95. The number of aryl methyl sites for hydroxylation is 2. The number of oxazole rings is 1. The second kappa shape index (κ2) is 4.73. The van der Waals surface area contributed by atoms with E-state index < -0.39 is 5.97 Å². The standard InChI is InChI=1S/C12H12N2O3S/c1-6-7(2)17-12(14-6)18-10-8(11(15)16)4-3-5-9(10)13/h3-5H,13H2,1-2H3,(H,15,16). The first kappa shape index (κ1) is 12.5. The Morgan fingerprint density at radius 2 is 2.17 bits per heavy atom. The molecule has 94 valence electrons. The minimum atomic E-state index is -1.02. The predicted molar refractivity (Wildman–Crippen MR) is 67.9 cm³/mol. The van der Waals surface area contributed by atoms with Crippen molar-refractivity contribution >= 4 is 23.4 Å². The fraction of sp³-hybridized carbons (Fsp3) is 0.167. The first-order valence-electron chi connectivity index (χ1n) is 5.22. The molecule has 0 aliphatic rings. The molecule has 0 aliphatic heterocycles. The predicted octanol–water partition coefficient (Wildman–Crippen LogP) is 2.72. The number of nitrogens with two attached hydrogens (primary N) is 1. The number of carboxylic acid groups (broad SMARTS) is 1. The summed E-state index contributed by atoms with van der Waals surface area (Å²) in [5.74, 6) is -0.311. The van der Waals surface area contributed by atoms with Crippen molar-refractivity contribution in [3.63, 3.8) is 0 Å². The van der Waals surface area contributed by atoms with Crippen molar-refractivity contribution in [3.8, 4) is 0 Å². The summed E-state index contributed by atoms with van der Waals surface area (Å²) < 4.78 is 5.41. The molecule has 0 aliphatic carbocycles. The van der Waals surface area contributed by atoms with Gasteiger partial charge in [0.25, 0.3) is 5.22 Å². The third-order valence-electron chi connectivity index (χ3n) is 2.47. The largest absolute Gasteiger partial charge is 0.478 e. The van der Waals surface area contributed by atoms with Crippen LogP contribution < -0.4 is 5.73 Å². The fourth-order valence-electron chi connectivity index (χ4n) is 1.41. The normalized spacial score (nSPS) is 10.6. The molecule has 6 heteroatoms. The molecule has 1 heterocycles. The molecule has 0 bridgehead atoms. The number of nitrogens with zero attached hydrogens (tertiary/aromatic N) is 1. The zero-order chi connectivity index (χ0) is 13.3. The van der Waals surface area contributed by atoms with Crippen molar-refractivity contribution in [2.24, 2.45) is 0 Å². The molecule has 0 unspecified atom stereocenters. The molecule has 3 N–H and O–H groups in total. The Labute approximate surface area is 108 Å². The van der Waals surface area contributed by atoms with E-state index in [-0.39, 0.29) is 5.56 Å². The Kier molecular flexibility index (Phi) is 3.29. The van der Waals surface area contributed by atoms with Crippen LogP contribution in [0.3, 0.4) is 0 Å². The van der Waals surface area contributed by atoms with E-state index >= 15 is 0 Å². The topological polar surface area (TPSA) is 89.3 Å². The fourth-order valence-corrected chi connectivity index (χ4v) is 2.39. The van der Waals surface area contributed by atoms with E-state index in [0.717, 1.165) is 17.5 Å². The number of nitrogen functional groups attached to an aromatic ring is 1. The number of carbonyl (C=O) groups is 1. The maximum atomic E-state index is 11.1. The van der Waals surface area contributed by atoms with Crippen LogP contribution >= 0.6 is 11.8 Å². The highest BCUT2D eigenvalue weighted by Gasteiger charge is 2.16. The van der Waals surface area contributed by atoms with Gasteiger partial charge in [-0.2, -0.15) is 0 Å². The Bertz CT molecular complexity index is 588. The van der Waals surface area contributed by atoms with Crippen LogP contribution in [0.5, 0.6) is 0 Å². The van der Waals surface area contributed by atoms with Crippen molar-refractivity contribution in [2.45, 2.75) is 24.0 Å². The molecular weight excluding hydrogens is 252 g/mol. The monoisotopic (exact) mass is 264 g/mol. The van der Waals surface area contributed by atoms with Crippen LogP contribution in [0.15, 0.2) is 32.7 Å². The van der Waals surface area contributed by atoms with E-state index in [1.807, 2.05) is 6.92 Å². The van der Waals surface area contributed by atoms with Gasteiger partial charge in [-0.05, 0) is 37.7 Å². The zero-order valence-electron chi connectivity index (χ0n) is 9.93. The smallest absolute Gasteiger partial charge is 0.336 e. The van der Waals surface area contributed by atoms with Crippen LogP contribution in [-0.2, 0) is 0 Å². The van der Waals surface area contributed by atoms with Crippen LogP contribution in [0.1, 0.15) is 21.8 Å². The van der Waals surface area contributed by atoms with Crippen molar-refractivity contribution in [3.05, 3.63) is 35.2 Å². The molecule has 0 saturated carbocycles. The van der Waals surface area contributed by atoms with E-state index in [4.69, 9.17) is 15.3 Å². The van der Waals surface area contributed by atoms with Gasteiger partial charge < -0.3 is 15.3 Å². The molecule has 1 aromatic carbocycles. The van der Waals surface area contributed by atoms with Crippen LogP contribution in [-0.4, -0.2) is 16.1 Å². The average molecular weight is 264 g/mol. The van der Waals surface area contributed by atoms with Gasteiger partial charge in [-0.15, -0.1) is 0 Å². The Morgan fingerprint density at radius 3 is 2.72 bits per heavy atom. The molecule has 2 rings (SSSR count). The van der Waals surface area contributed by atoms with Crippen molar-refractivity contribution in [1.29, 1.82) is 0 Å². The summed E-state index contributed by atoms with van der Waals surface area (Å²) in [6.45, 7) is 3.63. The number of benzene rings is 1.